The molecule has 6 nitrogen and oxygen atoms in total. The van der Waals surface area contributed by atoms with E-state index in [0.29, 0.717) is 26.1 Å². The minimum absolute atomic E-state index is 0.114. The predicted molar refractivity (Wildman–Crippen MR) is 75.6 cm³/mol. The van der Waals surface area contributed by atoms with Crippen LogP contribution < -0.4 is 10.6 Å². The molecule has 1 atom stereocenters. The number of nitrogens with zero attached hydrogens (tertiary/aromatic N) is 1. The zero-order chi connectivity index (χ0) is 14.2. The van der Waals surface area contributed by atoms with Crippen LogP contribution in [0.25, 0.3) is 0 Å². The number of amides is 1. The number of carbonyl (C=O) groups excluding carboxylic acids is 1. The zero-order valence-electron chi connectivity index (χ0n) is 11.7. The number of hydrogen-bond donors (Lipinski definition) is 2. The largest absolute Gasteiger partial charge is 0.355 e. The highest BCUT2D eigenvalue weighted by Gasteiger charge is 2.57. The topological polar surface area (TPSA) is 78.5 Å². The van der Waals surface area contributed by atoms with Crippen molar-refractivity contribution in [3.05, 3.63) is 0 Å². The van der Waals surface area contributed by atoms with Crippen molar-refractivity contribution in [2.75, 3.05) is 38.5 Å². The van der Waals surface area contributed by atoms with E-state index in [4.69, 9.17) is 0 Å². The van der Waals surface area contributed by atoms with Crippen molar-refractivity contribution in [2.45, 2.75) is 25.7 Å². The monoisotopic (exact) mass is 301 g/mol. The molecule has 114 valence electrons. The van der Waals surface area contributed by atoms with E-state index in [2.05, 4.69) is 10.6 Å². The molecule has 7 heteroatoms. The van der Waals surface area contributed by atoms with Crippen LogP contribution in [0.2, 0.25) is 0 Å². The third kappa shape index (κ3) is 2.71. The molecule has 0 aromatic carbocycles. The Morgan fingerprint density at radius 1 is 1.35 bits per heavy atom. The lowest BCUT2D eigenvalue weighted by atomic mass is 9.92. The molecule has 3 aliphatic rings. The Bertz CT molecular complexity index is 485. The van der Waals surface area contributed by atoms with E-state index in [9.17, 15) is 13.2 Å². The Kier molecular flexibility index (Phi) is 3.77. The first kappa shape index (κ1) is 14.3. The Morgan fingerprint density at radius 2 is 2.10 bits per heavy atom. The molecule has 20 heavy (non-hydrogen) atoms. The molecule has 2 saturated heterocycles. The van der Waals surface area contributed by atoms with Gasteiger partial charge in [0, 0.05) is 25.6 Å². The summed E-state index contributed by atoms with van der Waals surface area (Å²) in [5, 5.41) is 6.24. The molecular weight excluding hydrogens is 278 g/mol. The van der Waals surface area contributed by atoms with E-state index in [1.165, 1.54) is 4.31 Å². The van der Waals surface area contributed by atoms with E-state index < -0.39 is 10.0 Å². The van der Waals surface area contributed by atoms with E-state index in [-0.39, 0.29) is 23.0 Å². The molecule has 2 N–H and O–H groups in total. The summed E-state index contributed by atoms with van der Waals surface area (Å²) in [4.78, 5) is 12.1. The fraction of sp³-hybridized carbons (Fsp3) is 0.923. The number of hydrogen-bond acceptors (Lipinski definition) is 4. The van der Waals surface area contributed by atoms with Gasteiger partial charge in [0.1, 0.15) is 0 Å². The Balaban J connectivity index is 1.42. The summed E-state index contributed by atoms with van der Waals surface area (Å²) >= 11 is 0. The average Bonchev–Trinajstić information content (AvgIpc) is 2.99. The second kappa shape index (κ2) is 5.27. The number of nitrogens with one attached hydrogen (secondary N) is 2. The second-order valence-electron chi connectivity index (χ2n) is 6.23. The Labute approximate surface area is 120 Å². The van der Waals surface area contributed by atoms with Crippen LogP contribution in [-0.4, -0.2) is 57.1 Å². The molecule has 3 rings (SSSR count). The molecule has 0 radical (unpaired) electrons. The van der Waals surface area contributed by atoms with Crippen LogP contribution in [0.15, 0.2) is 0 Å². The van der Waals surface area contributed by atoms with E-state index in [0.717, 1.165) is 32.4 Å². The maximum absolute atomic E-state index is 12.1. The number of carbonyl (C=O) groups is 1. The van der Waals surface area contributed by atoms with Crippen molar-refractivity contribution in [1.82, 2.24) is 14.9 Å². The van der Waals surface area contributed by atoms with Gasteiger partial charge >= 0.3 is 0 Å². The number of piperidine rings is 1. The van der Waals surface area contributed by atoms with Gasteiger partial charge in [0.25, 0.3) is 0 Å². The van der Waals surface area contributed by atoms with Gasteiger partial charge in [0.05, 0.1) is 5.75 Å². The molecule has 3 fully saturated rings. The van der Waals surface area contributed by atoms with E-state index in [1.807, 2.05) is 0 Å². The first-order valence-corrected chi connectivity index (χ1v) is 9.11. The van der Waals surface area contributed by atoms with Crippen molar-refractivity contribution in [2.24, 2.45) is 11.3 Å². The highest BCUT2D eigenvalue weighted by molar-refractivity contribution is 7.89. The summed E-state index contributed by atoms with van der Waals surface area (Å²) < 4.78 is 24.8. The minimum atomic E-state index is -3.04. The molecule has 0 bridgehead atoms. The molecule has 1 aliphatic carbocycles. The summed E-state index contributed by atoms with van der Waals surface area (Å²) in [6, 6.07) is 0. The summed E-state index contributed by atoms with van der Waals surface area (Å²) in [5.41, 5.74) is 0.245. The third-order valence-electron chi connectivity index (χ3n) is 4.97. The molecule has 1 saturated carbocycles. The van der Waals surface area contributed by atoms with Crippen molar-refractivity contribution in [3.63, 3.8) is 0 Å². The highest BCUT2D eigenvalue weighted by Crippen LogP contribution is 2.58. The second-order valence-corrected chi connectivity index (χ2v) is 8.32. The van der Waals surface area contributed by atoms with Gasteiger partial charge in [0.2, 0.25) is 15.9 Å². The fourth-order valence-electron chi connectivity index (χ4n) is 3.57. The maximum atomic E-state index is 12.1. The van der Waals surface area contributed by atoms with Gasteiger partial charge in [-0.05, 0) is 44.2 Å². The average molecular weight is 301 g/mol. The molecule has 1 unspecified atom stereocenters. The summed E-state index contributed by atoms with van der Waals surface area (Å²) in [7, 11) is -3.04. The summed E-state index contributed by atoms with van der Waals surface area (Å²) in [6.45, 7) is 3.46. The molecular formula is C13H23N3O3S. The minimum Gasteiger partial charge on any atom is -0.355 e. The first-order valence-electron chi connectivity index (χ1n) is 7.50. The summed E-state index contributed by atoms with van der Waals surface area (Å²) in [5.74, 6) is 0.517. The van der Waals surface area contributed by atoms with Crippen molar-refractivity contribution < 1.29 is 13.2 Å². The van der Waals surface area contributed by atoms with E-state index >= 15 is 0 Å². The molecule has 2 aliphatic heterocycles. The van der Waals surface area contributed by atoms with Gasteiger partial charge in [-0.2, -0.15) is 0 Å². The normalized spacial score (nSPS) is 31.3. The molecule has 0 aromatic heterocycles. The number of sulfonamides is 1. The van der Waals surface area contributed by atoms with Crippen molar-refractivity contribution in [3.8, 4) is 0 Å². The quantitative estimate of drug-likeness (QED) is 0.736. The van der Waals surface area contributed by atoms with Gasteiger partial charge in [-0.25, -0.2) is 12.7 Å². The first-order chi connectivity index (χ1) is 9.54. The highest BCUT2D eigenvalue weighted by atomic mass is 32.2. The van der Waals surface area contributed by atoms with Gasteiger partial charge in [-0.3, -0.25) is 4.79 Å². The van der Waals surface area contributed by atoms with Crippen LogP contribution in [0.1, 0.15) is 25.7 Å². The van der Waals surface area contributed by atoms with Crippen LogP contribution in [-0.2, 0) is 14.8 Å². The number of rotatable bonds is 4. The zero-order valence-corrected chi connectivity index (χ0v) is 12.5. The van der Waals surface area contributed by atoms with Crippen LogP contribution >= 0.6 is 0 Å². The van der Waals surface area contributed by atoms with Crippen LogP contribution in [0.5, 0.6) is 0 Å². The molecule has 1 amide bonds. The Morgan fingerprint density at radius 3 is 2.75 bits per heavy atom. The van der Waals surface area contributed by atoms with Crippen LogP contribution in [0.3, 0.4) is 0 Å². The lowest BCUT2D eigenvalue weighted by Crippen LogP contribution is -2.38. The van der Waals surface area contributed by atoms with Gasteiger partial charge in [-0.1, -0.05) is 0 Å². The van der Waals surface area contributed by atoms with E-state index in [1.54, 1.807) is 0 Å². The third-order valence-corrected chi connectivity index (χ3v) is 6.93. The lowest BCUT2D eigenvalue weighted by molar-refractivity contribution is -0.123. The molecule has 2 heterocycles. The smallest absolute Gasteiger partial charge is 0.223 e. The molecule has 1 spiro atoms. The predicted octanol–water partition coefficient (Wildman–Crippen LogP) is -0.472. The van der Waals surface area contributed by atoms with Crippen molar-refractivity contribution in [1.29, 1.82) is 0 Å². The lowest BCUT2D eigenvalue weighted by Gasteiger charge is -2.23. The van der Waals surface area contributed by atoms with Gasteiger partial charge in [0.15, 0.2) is 0 Å². The maximum Gasteiger partial charge on any atom is 0.223 e. The van der Waals surface area contributed by atoms with Gasteiger partial charge < -0.3 is 10.6 Å². The van der Waals surface area contributed by atoms with Gasteiger partial charge in [-0.15, -0.1) is 0 Å². The standard InChI is InChI=1S/C13H23N3O3S/c17-12(11-10-13(11)2-4-14-5-3-13)15-6-8-16-7-1-9-20(16,18)19/h11,14H,1-10H2,(H,15,17). The Hall–Kier alpha value is -0.660. The fourth-order valence-corrected chi connectivity index (χ4v) is 5.09. The van der Waals surface area contributed by atoms with Crippen LogP contribution in [0, 0.1) is 11.3 Å². The molecule has 0 aromatic rings. The SMILES string of the molecule is O=C(NCCN1CCCS1(=O)=O)C1CC12CCNCC2. The van der Waals surface area contributed by atoms with Crippen LogP contribution in [0.4, 0.5) is 0 Å². The van der Waals surface area contributed by atoms with Crippen molar-refractivity contribution >= 4 is 15.9 Å². The summed E-state index contributed by atoms with van der Waals surface area (Å²) in [6.07, 6.45) is 3.88.